The molecule has 2 aromatic rings. The molecular formula is C16H16IN3O2. The van der Waals surface area contributed by atoms with Crippen molar-refractivity contribution in [2.75, 3.05) is 24.7 Å². The molecule has 6 heteroatoms. The lowest BCUT2D eigenvalue weighted by molar-refractivity contribution is 0.0827. The van der Waals surface area contributed by atoms with Crippen molar-refractivity contribution in [3.05, 3.63) is 57.7 Å². The monoisotopic (exact) mass is 409 g/mol. The van der Waals surface area contributed by atoms with E-state index in [9.17, 15) is 9.59 Å². The van der Waals surface area contributed by atoms with Crippen LogP contribution in [0.5, 0.6) is 0 Å². The Morgan fingerprint density at radius 1 is 0.955 bits per heavy atom. The summed E-state index contributed by atoms with van der Waals surface area (Å²) >= 11 is 2.20. The number of benzene rings is 2. The van der Waals surface area contributed by atoms with Gasteiger partial charge in [0.2, 0.25) is 0 Å². The number of rotatable bonds is 3. The summed E-state index contributed by atoms with van der Waals surface area (Å²) in [6.45, 7) is 0. The predicted octanol–water partition coefficient (Wildman–Crippen LogP) is 3.64. The highest BCUT2D eigenvalue weighted by molar-refractivity contribution is 14.1. The lowest BCUT2D eigenvalue weighted by atomic mass is 10.2. The Labute approximate surface area is 142 Å². The molecule has 0 unspecified atom stereocenters. The third kappa shape index (κ3) is 4.45. The zero-order valence-electron chi connectivity index (χ0n) is 12.3. The quantitative estimate of drug-likeness (QED) is 0.761. The maximum Gasteiger partial charge on any atom is 0.323 e. The summed E-state index contributed by atoms with van der Waals surface area (Å²) in [5.41, 5.74) is 1.80. The second kappa shape index (κ2) is 7.26. The zero-order valence-corrected chi connectivity index (χ0v) is 14.4. The van der Waals surface area contributed by atoms with Gasteiger partial charge in [0.25, 0.3) is 5.91 Å². The molecule has 0 aliphatic heterocycles. The highest BCUT2D eigenvalue weighted by Crippen LogP contribution is 2.14. The number of hydrogen-bond acceptors (Lipinski definition) is 2. The minimum atomic E-state index is -0.351. The van der Waals surface area contributed by atoms with Crippen molar-refractivity contribution in [2.45, 2.75) is 0 Å². The van der Waals surface area contributed by atoms with Gasteiger partial charge in [-0.3, -0.25) is 4.79 Å². The Bertz CT molecular complexity index is 684. The van der Waals surface area contributed by atoms with Crippen LogP contribution in [-0.2, 0) is 0 Å². The molecule has 2 aromatic carbocycles. The molecule has 3 amide bonds. The van der Waals surface area contributed by atoms with Crippen molar-refractivity contribution in [3.63, 3.8) is 0 Å². The largest absolute Gasteiger partial charge is 0.345 e. The van der Waals surface area contributed by atoms with E-state index in [1.54, 1.807) is 38.4 Å². The summed E-state index contributed by atoms with van der Waals surface area (Å²) in [4.78, 5) is 25.4. The van der Waals surface area contributed by atoms with Crippen LogP contribution in [0.2, 0.25) is 0 Å². The van der Waals surface area contributed by atoms with E-state index in [2.05, 4.69) is 33.2 Å². The van der Waals surface area contributed by atoms with E-state index in [-0.39, 0.29) is 11.9 Å². The summed E-state index contributed by atoms with van der Waals surface area (Å²) in [7, 11) is 3.37. The molecule has 0 aliphatic rings. The summed E-state index contributed by atoms with van der Waals surface area (Å²) in [6, 6.07) is 14.0. The molecule has 0 saturated carbocycles. The van der Waals surface area contributed by atoms with Crippen molar-refractivity contribution < 1.29 is 9.59 Å². The summed E-state index contributed by atoms with van der Waals surface area (Å²) in [5, 5.41) is 5.46. The number of nitrogens with zero attached hydrogens (tertiary/aromatic N) is 1. The van der Waals surface area contributed by atoms with Gasteiger partial charge in [-0.2, -0.15) is 0 Å². The zero-order chi connectivity index (χ0) is 16.1. The van der Waals surface area contributed by atoms with Crippen LogP contribution in [0.15, 0.2) is 48.5 Å². The van der Waals surface area contributed by atoms with Crippen LogP contribution in [0.3, 0.4) is 0 Å². The fraction of sp³-hybridized carbons (Fsp3) is 0.125. The van der Waals surface area contributed by atoms with Crippen LogP contribution in [0, 0.1) is 3.57 Å². The highest BCUT2D eigenvalue weighted by atomic mass is 127. The second-order valence-electron chi connectivity index (χ2n) is 4.87. The first-order valence-corrected chi connectivity index (χ1v) is 7.69. The SMILES string of the molecule is CN(C)C(=O)c1cccc(NC(=O)Nc2ccc(I)cc2)c1. The molecule has 2 rings (SSSR count). The fourth-order valence-corrected chi connectivity index (χ4v) is 2.17. The van der Waals surface area contributed by atoms with E-state index in [1.807, 2.05) is 24.3 Å². The smallest absolute Gasteiger partial charge is 0.323 e. The molecule has 0 radical (unpaired) electrons. The molecule has 0 fully saturated rings. The van der Waals surface area contributed by atoms with E-state index in [0.717, 1.165) is 3.57 Å². The summed E-state index contributed by atoms with van der Waals surface area (Å²) in [6.07, 6.45) is 0. The molecule has 0 spiro atoms. The Morgan fingerprint density at radius 3 is 2.23 bits per heavy atom. The molecule has 22 heavy (non-hydrogen) atoms. The van der Waals surface area contributed by atoms with Crippen molar-refractivity contribution in [1.29, 1.82) is 0 Å². The van der Waals surface area contributed by atoms with Gasteiger partial charge < -0.3 is 15.5 Å². The number of anilines is 2. The number of carbonyl (C=O) groups excluding carboxylic acids is 2. The van der Waals surface area contributed by atoms with Gasteiger partial charge in [-0.15, -0.1) is 0 Å². The molecule has 0 atom stereocenters. The Morgan fingerprint density at radius 2 is 1.59 bits per heavy atom. The van der Waals surface area contributed by atoms with Crippen molar-refractivity contribution in [1.82, 2.24) is 4.90 Å². The molecule has 0 aromatic heterocycles. The number of urea groups is 1. The molecule has 0 saturated heterocycles. The predicted molar refractivity (Wildman–Crippen MR) is 96.3 cm³/mol. The first kappa shape index (κ1) is 16.3. The van der Waals surface area contributed by atoms with Crippen LogP contribution >= 0.6 is 22.6 Å². The number of carbonyl (C=O) groups is 2. The van der Waals surface area contributed by atoms with E-state index < -0.39 is 0 Å². The van der Waals surface area contributed by atoms with E-state index in [4.69, 9.17) is 0 Å². The minimum absolute atomic E-state index is 0.110. The van der Waals surface area contributed by atoms with Crippen molar-refractivity contribution in [2.24, 2.45) is 0 Å². The molecule has 5 nitrogen and oxygen atoms in total. The average molecular weight is 409 g/mol. The van der Waals surface area contributed by atoms with Gasteiger partial charge in [0.15, 0.2) is 0 Å². The second-order valence-corrected chi connectivity index (χ2v) is 6.11. The number of amides is 3. The number of halogens is 1. The van der Waals surface area contributed by atoms with Gasteiger partial charge in [0.05, 0.1) is 0 Å². The van der Waals surface area contributed by atoms with Crippen molar-refractivity contribution >= 4 is 45.9 Å². The van der Waals surface area contributed by atoms with Crippen LogP contribution in [0.1, 0.15) is 10.4 Å². The Kier molecular flexibility index (Phi) is 5.37. The van der Waals surface area contributed by atoms with Gasteiger partial charge in [0, 0.05) is 34.6 Å². The van der Waals surface area contributed by atoms with E-state index >= 15 is 0 Å². The molecular weight excluding hydrogens is 393 g/mol. The van der Waals surface area contributed by atoms with Gasteiger partial charge in [-0.1, -0.05) is 6.07 Å². The van der Waals surface area contributed by atoms with Gasteiger partial charge in [0.1, 0.15) is 0 Å². The van der Waals surface area contributed by atoms with Crippen LogP contribution < -0.4 is 10.6 Å². The average Bonchev–Trinajstić information content (AvgIpc) is 2.49. The maximum atomic E-state index is 12.0. The molecule has 2 N–H and O–H groups in total. The van der Waals surface area contributed by atoms with Gasteiger partial charge in [-0.25, -0.2) is 4.79 Å². The van der Waals surface area contributed by atoms with Crippen LogP contribution in [0.25, 0.3) is 0 Å². The third-order valence-corrected chi connectivity index (χ3v) is 3.59. The number of hydrogen-bond donors (Lipinski definition) is 2. The summed E-state index contributed by atoms with van der Waals surface area (Å²) in [5.74, 6) is -0.110. The minimum Gasteiger partial charge on any atom is -0.345 e. The molecule has 114 valence electrons. The lowest BCUT2D eigenvalue weighted by Gasteiger charge is -2.12. The standard InChI is InChI=1S/C16H16IN3O2/c1-20(2)15(21)11-4-3-5-14(10-11)19-16(22)18-13-8-6-12(17)7-9-13/h3-10H,1-2H3,(H2,18,19,22). The summed E-state index contributed by atoms with van der Waals surface area (Å²) < 4.78 is 1.10. The molecule has 0 aliphatic carbocycles. The molecule has 0 heterocycles. The van der Waals surface area contributed by atoms with E-state index in [0.29, 0.717) is 16.9 Å². The van der Waals surface area contributed by atoms with Crippen LogP contribution in [-0.4, -0.2) is 30.9 Å². The first-order chi connectivity index (χ1) is 10.5. The third-order valence-electron chi connectivity index (χ3n) is 2.88. The molecule has 0 bridgehead atoms. The maximum absolute atomic E-state index is 12.0. The van der Waals surface area contributed by atoms with Gasteiger partial charge >= 0.3 is 6.03 Å². The lowest BCUT2D eigenvalue weighted by Crippen LogP contribution is -2.22. The highest BCUT2D eigenvalue weighted by Gasteiger charge is 2.09. The van der Waals surface area contributed by atoms with Crippen molar-refractivity contribution in [3.8, 4) is 0 Å². The first-order valence-electron chi connectivity index (χ1n) is 6.61. The Balaban J connectivity index is 2.04. The van der Waals surface area contributed by atoms with E-state index in [1.165, 1.54) is 4.90 Å². The normalized spacial score (nSPS) is 9.95. The Hall–Kier alpha value is -2.09. The van der Waals surface area contributed by atoms with Gasteiger partial charge in [-0.05, 0) is 65.1 Å². The topological polar surface area (TPSA) is 61.4 Å². The van der Waals surface area contributed by atoms with Crippen LogP contribution in [0.4, 0.5) is 16.2 Å². The fourth-order valence-electron chi connectivity index (χ4n) is 1.81. The number of nitrogens with one attached hydrogen (secondary N) is 2.